The molecule has 0 aliphatic carbocycles. The van der Waals surface area contributed by atoms with Gasteiger partial charge in [0.25, 0.3) is 0 Å². The van der Waals surface area contributed by atoms with Crippen molar-refractivity contribution in [1.82, 2.24) is 25.0 Å². The van der Waals surface area contributed by atoms with E-state index in [1.165, 1.54) is 5.56 Å². The molecule has 0 bridgehead atoms. The third-order valence-corrected chi connectivity index (χ3v) is 3.57. The summed E-state index contributed by atoms with van der Waals surface area (Å²) in [6.45, 7) is 2.12. The van der Waals surface area contributed by atoms with Crippen LogP contribution in [-0.4, -0.2) is 25.0 Å². The predicted molar refractivity (Wildman–Crippen MR) is 80.9 cm³/mol. The van der Waals surface area contributed by atoms with Crippen LogP contribution in [-0.2, 0) is 12.8 Å². The lowest BCUT2D eigenvalue weighted by atomic mass is 10.1. The molecule has 0 amide bonds. The van der Waals surface area contributed by atoms with E-state index in [9.17, 15) is 0 Å². The average molecular weight is 281 g/mol. The van der Waals surface area contributed by atoms with Gasteiger partial charge in [-0.3, -0.25) is 9.78 Å². The van der Waals surface area contributed by atoms with Crippen LogP contribution in [0, 0.1) is 0 Å². The van der Waals surface area contributed by atoms with E-state index in [4.69, 9.17) is 0 Å². The van der Waals surface area contributed by atoms with Gasteiger partial charge < -0.3 is 0 Å². The van der Waals surface area contributed by atoms with Crippen LogP contribution in [0.4, 0.5) is 0 Å². The number of nitrogens with zero attached hydrogens (tertiary/aromatic N) is 4. The number of rotatable bonds is 6. The number of aryl methyl sites for hydroxylation is 2. The molecule has 0 spiro atoms. The fourth-order valence-corrected chi connectivity index (χ4v) is 2.43. The molecule has 108 valence electrons. The Morgan fingerprint density at radius 1 is 1.14 bits per heavy atom. The van der Waals surface area contributed by atoms with Crippen LogP contribution in [0.15, 0.2) is 48.8 Å². The summed E-state index contributed by atoms with van der Waals surface area (Å²) in [7, 11) is 0. The summed E-state index contributed by atoms with van der Waals surface area (Å²) in [5.74, 6) is 1.74. The van der Waals surface area contributed by atoms with Crippen molar-refractivity contribution in [3.8, 4) is 0 Å². The molecule has 0 unspecified atom stereocenters. The number of benzene rings is 1. The van der Waals surface area contributed by atoms with Crippen LogP contribution in [0.1, 0.15) is 36.6 Å². The lowest BCUT2D eigenvalue weighted by Gasteiger charge is -2.10. The van der Waals surface area contributed by atoms with Gasteiger partial charge in [0, 0.05) is 18.8 Å². The first-order valence-corrected chi connectivity index (χ1v) is 7.31. The third kappa shape index (κ3) is 3.18. The molecule has 1 atom stereocenters. The molecule has 0 saturated carbocycles. The van der Waals surface area contributed by atoms with Crippen molar-refractivity contribution in [1.29, 1.82) is 0 Å². The number of hydrogen-bond acceptors (Lipinski definition) is 3. The maximum absolute atomic E-state index is 4.62. The molecule has 0 radical (unpaired) electrons. The van der Waals surface area contributed by atoms with E-state index in [2.05, 4.69) is 51.5 Å². The van der Waals surface area contributed by atoms with Gasteiger partial charge >= 0.3 is 0 Å². The van der Waals surface area contributed by atoms with Gasteiger partial charge in [0.2, 0.25) is 0 Å². The van der Waals surface area contributed by atoms with E-state index in [0.29, 0.717) is 0 Å². The Morgan fingerprint density at radius 2 is 2.00 bits per heavy atom. The fourth-order valence-electron chi connectivity index (χ4n) is 2.43. The summed E-state index contributed by atoms with van der Waals surface area (Å²) in [6.07, 6.45) is 6.48. The van der Waals surface area contributed by atoms with Crippen LogP contribution in [0.2, 0.25) is 0 Å². The van der Waals surface area contributed by atoms with Crippen molar-refractivity contribution in [3.63, 3.8) is 0 Å². The quantitative estimate of drug-likeness (QED) is 0.756. The summed E-state index contributed by atoms with van der Waals surface area (Å²) in [5, 5.41) is 11.7. The highest BCUT2D eigenvalue weighted by Gasteiger charge is 2.16. The molecular weight excluding hydrogens is 262 g/mol. The number of nitrogens with one attached hydrogen (secondary N) is 1. The summed E-state index contributed by atoms with van der Waals surface area (Å²) >= 11 is 0. The highest BCUT2D eigenvalue weighted by molar-refractivity contribution is 5.15. The largest absolute Gasteiger partial charge is 0.263 e. The average Bonchev–Trinajstić information content (AvgIpc) is 3.19. The second-order valence-electron chi connectivity index (χ2n) is 5.04. The van der Waals surface area contributed by atoms with Crippen LogP contribution in [0.3, 0.4) is 0 Å². The van der Waals surface area contributed by atoms with E-state index in [1.54, 1.807) is 6.20 Å². The first kappa shape index (κ1) is 13.5. The molecule has 0 fully saturated rings. The van der Waals surface area contributed by atoms with Crippen LogP contribution in [0.5, 0.6) is 0 Å². The molecule has 5 heteroatoms. The summed E-state index contributed by atoms with van der Waals surface area (Å²) in [6, 6.07) is 12.4. The molecule has 2 aromatic heterocycles. The minimum absolute atomic E-state index is 0.0988. The highest BCUT2D eigenvalue weighted by Crippen LogP contribution is 2.17. The van der Waals surface area contributed by atoms with Gasteiger partial charge in [0.05, 0.1) is 0 Å². The number of H-pyrrole nitrogens is 1. The molecule has 0 saturated heterocycles. The summed E-state index contributed by atoms with van der Waals surface area (Å²) in [5.41, 5.74) is 1.31. The Hall–Kier alpha value is -2.43. The van der Waals surface area contributed by atoms with Gasteiger partial charge in [0.15, 0.2) is 5.82 Å². The zero-order chi connectivity index (χ0) is 14.5. The first-order valence-electron chi connectivity index (χ1n) is 7.31. The number of hydrogen-bond donors (Lipinski definition) is 1. The normalized spacial score (nSPS) is 12.4. The van der Waals surface area contributed by atoms with Gasteiger partial charge in [-0.1, -0.05) is 37.3 Å². The molecule has 0 aliphatic heterocycles. The van der Waals surface area contributed by atoms with Crippen LogP contribution < -0.4 is 0 Å². The van der Waals surface area contributed by atoms with Gasteiger partial charge in [-0.15, -0.1) is 0 Å². The molecule has 21 heavy (non-hydrogen) atoms. The fraction of sp³-hybridized carbons (Fsp3) is 0.312. The SMILES string of the molecule is CC[C@H](c1n[nH]c(CCc2ccccc2)n1)n1cccn1. The Balaban J connectivity index is 1.68. The van der Waals surface area contributed by atoms with E-state index < -0.39 is 0 Å². The molecule has 5 nitrogen and oxygen atoms in total. The minimum atomic E-state index is 0.0988. The smallest absolute Gasteiger partial charge is 0.175 e. The molecule has 1 N–H and O–H groups in total. The second-order valence-corrected chi connectivity index (χ2v) is 5.04. The highest BCUT2D eigenvalue weighted by atomic mass is 15.3. The maximum Gasteiger partial charge on any atom is 0.175 e. The molecule has 1 aromatic carbocycles. The van der Waals surface area contributed by atoms with Crippen molar-refractivity contribution < 1.29 is 0 Å². The zero-order valence-electron chi connectivity index (χ0n) is 12.1. The van der Waals surface area contributed by atoms with E-state index >= 15 is 0 Å². The Labute approximate surface area is 124 Å². The Morgan fingerprint density at radius 3 is 2.71 bits per heavy atom. The molecule has 2 heterocycles. The zero-order valence-corrected chi connectivity index (χ0v) is 12.1. The third-order valence-electron chi connectivity index (χ3n) is 3.57. The minimum Gasteiger partial charge on any atom is -0.263 e. The lowest BCUT2D eigenvalue weighted by Crippen LogP contribution is -2.12. The van der Waals surface area contributed by atoms with Crippen LogP contribution in [0.25, 0.3) is 0 Å². The second kappa shape index (κ2) is 6.35. The van der Waals surface area contributed by atoms with E-state index in [-0.39, 0.29) is 6.04 Å². The molecular formula is C16H19N5. The Kier molecular flexibility index (Phi) is 4.09. The molecule has 3 aromatic rings. The van der Waals surface area contributed by atoms with Crippen LogP contribution >= 0.6 is 0 Å². The summed E-state index contributed by atoms with van der Waals surface area (Å²) < 4.78 is 1.91. The van der Waals surface area contributed by atoms with E-state index in [1.807, 2.05) is 23.0 Å². The lowest BCUT2D eigenvalue weighted by molar-refractivity contribution is 0.485. The van der Waals surface area contributed by atoms with Gasteiger partial charge in [-0.25, -0.2) is 4.98 Å². The van der Waals surface area contributed by atoms with Crippen molar-refractivity contribution in [3.05, 3.63) is 66.0 Å². The standard InChI is InChI=1S/C16H19N5/c1-2-14(21-12-6-11-17-21)16-18-15(19-20-16)10-9-13-7-4-3-5-8-13/h3-8,11-12,14H,2,9-10H2,1H3,(H,18,19,20)/t14-/m1/s1. The molecule has 0 aliphatic rings. The van der Waals surface area contributed by atoms with Crippen molar-refractivity contribution in [2.24, 2.45) is 0 Å². The number of aromatic nitrogens is 5. The van der Waals surface area contributed by atoms with Crippen molar-refractivity contribution in [2.75, 3.05) is 0 Å². The Bertz CT molecular complexity index is 657. The first-order chi connectivity index (χ1) is 10.4. The van der Waals surface area contributed by atoms with Gasteiger partial charge in [0.1, 0.15) is 11.9 Å². The molecule has 3 rings (SSSR count). The maximum atomic E-state index is 4.62. The van der Waals surface area contributed by atoms with E-state index in [0.717, 1.165) is 30.9 Å². The van der Waals surface area contributed by atoms with Crippen molar-refractivity contribution in [2.45, 2.75) is 32.2 Å². The monoisotopic (exact) mass is 281 g/mol. The van der Waals surface area contributed by atoms with Gasteiger partial charge in [-0.2, -0.15) is 10.2 Å². The number of aromatic amines is 1. The van der Waals surface area contributed by atoms with Crippen molar-refractivity contribution >= 4 is 0 Å². The predicted octanol–water partition coefficient (Wildman–Crippen LogP) is 2.79. The van der Waals surface area contributed by atoms with Gasteiger partial charge in [-0.05, 0) is 24.5 Å². The topological polar surface area (TPSA) is 59.4 Å². The summed E-state index contributed by atoms with van der Waals surface area (Å²) in [4.78, 5) is 4.62.